The maximum atomic E-state index is 9.94. The average molecular weight is 395 g/mol. The maximum Gasteiger partial charge on any atom is 0.109 e. The van der Waals surface area contributed by atoms with E-state index in [1.165, 1.54) is 57.8 Å². The van der Waals surface area contributed by atoms with Gasteiger partial charge in [0.2, 0.25) is 0 Å². The Hall–Kier alpha value is -0.940. The zero-order valence-electron chi connectivity index (χ0n) is 17.9. The van der Waals surface area contributed by atoms with Gasteiger partial charge in [0.15, 0.2) is 0 Å². The van der Waals surface area contributed by atoms with E-state index in [4.69, 9.17) is 9.47 Å². The van der Waals surface area contributed by atoms with E-state index in [1.54, 1.807) is 0 Å². The molecule has 0 aliphatic heterocycles. The Bertz CT molecular complexity index is 437. The Balaban J connectivity index is 2.02. The van der Waals surface area contributed by atoms with Gasteiger partial charge in [-0.1, -0.05) is 101 Å². The molecule has 0 aromatic heterocycles. The fourth-order valence-corrected chi connectivity index (χ4v) is 3.26. The third-order valence-corrected chi connectivity index (χ3v) is 5.09. The lowest BCUT2D eigenvalue weighted by Crippen LogP contribution is -2.36. The van der Waals surface area contributed by atoms with Crippen LogP contribution < -0.4 is 0 Å². The van der Waals surface area contributed by atoms with Crippen LogP contribution in [0.1, 0.15) is 83.1 Å². The van der Waals surface area contributed by atoms with Gasteiger partial charge >= 0.3 is 0 Å². The molecule has 0 saturated heterocycles. The molecule has 0 unspecified atom stereocenters. The Kier molecular flexibility index (Phi) is 16.2. The maximum absolute atomic E-state index is 9.94. The normalized spacial score (nSPS) is 13.5. The SMILES string of the molecule is CCCCCCCCCCCCCO[C@@H](COCc1ccccc1)[C@H](O)CO. The highest BCUT2D eigenvalue weighted by molar-refractivity contribution is 5.13. The first kappa shape index (κ1) is 25.1. The van der Waals surface area contributed by atoms with E-state index in [0.717, 1.165) is 18.4 Å². The molecule has 0 fully saturated rings. The Morgan fingerprint density at radius 2 is 1.39 bits per heavy atom. The molecule has 28 heavy (non-hydrogen) atoms. The quantitative estimate of drug-likeness (QED) is 0.315. The van der Waals surface area contributed by atoms with E-state index in [0.29, 0.717) is 13.2 Å². The molecule has 4 heteroatoms. The first-order valence-electron chi connectivity index (χ1n) is 11.3. The monoisotopic (exact) mass is 394 g/mol. The van der Waals surface area contributed by atoms with Crippen molar-refractivity contribution in [2.45, 2.75) is 96.4 Å². The van der Waals surface area contributed by atoms with E-state index >= 15 is 0 Å². The van der Waals surface area contributed by atoms with Crippen LogP contribution in [0.4, 0.5) is 0 Å². The van der Waals surface area contributed by atoms with Gasteiger partial charge in [-0.15, -0.1) is 0 Å². The third kappa shape index (κ3) is 13.3. The predicted octanol–water partition coefficient (Wildman–Crippen LogP) is 5.25. The van der Waals surface area contributed by atoms with E-state index in [1.807, 2.05) is 30.3 Å². The second kappa shape index (κ2) is 18.1. The number of aliphatic hydroxyl groups excluding tert-OH is 2. The predicted molar refractivity (Wildman–Crippen MR) is 115 cm³/mol. The molecule has 2 atom stereocenters. The minimum Gasteiger partial charge on any atom is -0.394 e. The molecule has 0 spiro atoms. The van der Waals surface area contributed by atoms with Gasteiger partial charge in [0, 0.05) is 6.61 Å². The highest BCUT2D eigenvalue weighted by Gasteiger charge is 2.19. The van der Waals surface area contributed by atoms with Crippen LogP contribution in [0.3, 0.4) is 0 Å². The standard InChI is InChI=1S/C24H42O4/c1-2-3-4-5-6-7-8-9-10-11-15-18-28-24(23(26)19-25)21-27-20-22-16-13-12-14-17-22/h12-14,16-17,23-26H,2-11,15,18-21H2,1H3/t23-,24+/m1/s1. The third-order valence-electron chi connectivity index (χ3n) is 5.09. The lowest BCUT2D eigenvalue weighted by molar-refractivity contribution is -0.0963. The Morgan fingerprint density at radius 1 is 0.821 bits per heavy atom. The fourth-order valence-electron chi connectivity index (χ4n) is 3.26. The van der Waals surface area contributed by atoms with Crippen molar-refractivity contribution in [3.8, 4) is 0 Å². The van der Waals surface area contributed by atoms with E-state index in [9.17, 15) is 10.2 Å². The summed E-state index contributed by atoms with van der Waals surface area (Å²) in [6.07, 6.45) is 12.9. The molecule has 0 aliphatic carbocycles. The molecule has 1 aromatic carbocycles. The van der Waals surface area contributed by atoms with Gasteiger partial charge < -0.3 is 19.7 Å². The van der Waals surface area contributed by atoms with Crippen molar-refractivity contribution in [1.29, 1.82) is 0 Å². The summed E-state index contributed by atoms with van der Waals surface area (Å²) in [5, 5.41) is 19.2. The molecule has 0 heterocycles. The van der Waals surface area contributed by atoms with Crippen molar-refractivity contribution in [3.63, 3.8) is 0 Å². The molecule has 0 radical (unpaired) electrons. The van der Waals surface area contributed by atoms with Gasteiger partial charge in [0.1, 0.15) is 12.2 Å². The second-order valence-corrected chi connectivity index (χ2v) is 7.70. The molecule has 2 N–H and O–H groups in total. The number of ether oxygens (including phenoxy) is 2. The molecular weight excluding hydrogens is 352 g/mol. The Morgan fingerprint density at radius 3 is 1.96 bits per heavy atom. The molecule has 162 valence electrons. The van der Waals surface area contributed by atoms with Gasteiger partial charge in [-0.3, -0.25) is 0 Å². The number of rotatable bonds is 19. The van der Waals surface area contributed by atoms with Crippen LogP contribution in [0.5, 0.6) is 0 Å². The van der Waals surface area contributed by atoms with Crippen molar-refractivity contribution in [3.05, 3.63) is 35.9 Å². The summed E-state index contributed by atoms with van der Waals surface area (Å²) >= 11 is 0. The van der Waals surface area contributed by atoms with Crippen LogP contribution in [0, 0.1) is 0 Å². The number of hydrogen-bond donors (Lipinski definition) is 2. The van der Waals surface area contributed by atoms with E-state index in [2.05, 4.69) is 6.92 Å². The fraction of sp³-hybridized carbons (Fsp3) is 0.750. The van der Waals surface area contributed by atoms with Crippen LogP contribution in [-0.2, 0) is 16.1 Å². The largest absolute Gasteiger partial charge is 0.394 e. The van der Waals surface area contributed by atoms with Crippen molar-refractivity contribution < 1.29 is 19.7 Å². The van der Waals surface area contributed by atoms with Gasteiger partial charge in [-0.05, 0) is 12.0 Å². The smallest absolute Gasteiger partial charge is 0.109 e. The number of unbranched alkanes of at least 4 members (excludes halogenated alkanes) is 10. The molecule has 0 aliphatic rings. The highest BCUT2D eigenvalue weighted by Crippen LogP contribution is 2.12. The van der Waals surface area contributed by atoms with E-state index < -0.39 is 12.2 Å². The molecule has 0 saturated carbocycles. The molecular formula is C24H42O4. The first-order chi connectivity index (χ1) is 13.8. The molecule has 4 nitrogen and oxygen atoms in total. The summed E-state index contributed by atoms with van der Waals surface area (Å²) in [4.78, 5) is 0. The van der Waals surface area contributed by atoms with Crippen molar-refractivity contribution >= 4 is 0 Å². The summed E-state index contributed by atoms with van der Waals surface area (Å²) in [5.41, 5.74) is 1.09. The van der Waals surface area contributed by atoms with Gasteiger partial charge in [0.25, 0.3) is 0 Å². The van der Waals surface area contributed by atoms with E-state index in [-0.39, 0.29) is 13.2 Å². The lowest BCUT2D eigenvalue weighted by Gasteiger charge is -2.22. The summed E-state index contributed by atoms with van der Waals surface area (Å²) in [7, 11) is 0. The second-order valence-electron chi connectivity index (χ2n) is 7.70. The van der Waals surface area contributed by atoms with Crippen molar-refractivity contribution in [2.75, 3.05) is 19.8 Å². The zero-order valence-corrected chi connectivity index (χ0v) is 17.9. The molecule has 1 rings (SSSR count). The van der Waals surface area contributed by atoms with Crippen LogP contribution in [-0.4, -0.2) is 42.2 Å². The molecule has 0 bridgehead atoms. The molecule has 0 amide bonds. The number of hydrogen-bond acceptors (Lipinski definition) is 4. The van der Waals surface area contributed by atoms with Crippen molar-refractivity contribution in [1.82, 2.24) is 0 Å². The van der Waals surface area contributed by atoms with Crippen molar-refractivity contribution in [2.24, 2.45) is 0 Å². The van der Waals surface area contributed by atoms with Crippen LogP contribution in [0.15, 0.2) is 30.3 Å². The van der Waals surface area contributed by atoms with Crippen LogP contribution >= 0.6 is 0 Å². The topological polar surface area (TPSA) is 58.9 Å². The van der Waals surface area contributed by atoms with Crippen LogP contribution in [0.25, 0.3) is 0 Å². The van der Waals surface area contributed by atoms with Gasteiger partial charge in [-0.25, -0.2) is 0 Å². The van der Waals surface area contributed by atoms with Gasteiger partial charge in [0.05, 0.1) is 19.8 Å². The summed E-state index contributed by atoms with van der Waals surface area (Å²) in [5.74, 6) is 0. The van der Waals surface area contributed by atoms with Gasteiger partial charge in [-0.2, -0.15) is 0 Å². The number of aliphatic hydroxyl groups is 2. The zero-order chi connectivity index (χ0) is 20.3. The molecule has 1 aromatic rings. The summed E-state index contributed by atoms with van der Waals surface area (Å²) < 4.78 is 11.4. The first-order valence-corrected chi connectivity index (χ1v) is 11.3. The number of benzene rings is 1. The minimum absolute atomic E-state index is 0.286. The van der Waals surface area contributed by atoms with Crippen LogP contribution in [0.2, 0.25) is 0 Å². The lowest BCUT2D eigenvalue weighted by atomic mass is 10.1. The average Bonchev–Trinajstić information content (AvgIpc) is 2.73. The summed E-state index contributed by atoms with van der Waals surface area (Å²) in [6, 6.07) is 9.93. The minimum atomic E-state index is -0.900. The highest BCUT2D eigenvalue weighted by atomic mass is 16.5. The Labute approximate surface area is 172 Å². The summed E-state index contributed by atoms with van der Waals surface area (Å²) in [6.45, 7) is 3.32.